The quantitative estimate of drug-likeness (QED) is 0.864. The van der Waals surface area contributed by atoms with Gasteiger partial charge in [-0.25, -0.2) is 0 Å². The van der Waals surface area contributed by atoms with Crippen molar-refractivity contribution in [1.82, 2.24) is 9.80 Å². The van der Waals surface area contributed by atoms with Crippen molar-refractivity contribution in [3.63, 3.8) is 0 Å². The molecule has 4 heteroatoms. The normalized spacial score (nSPS) is 20.2. The lowest BCUT2D eigenvalue weighted by molar-refractivity contribution is -0.139. The Balaban J connectivity index is 1.32. The molecule has 2 aromatic carbocycles. The Labute approximate surface area is 149 Å². The van der Waals surface area contributed by atoms with Crippen molar-refractivity contribution in [2.45, 2.75) is 26.0 Å². The first-order valence-corrected chi connectivity index (χ1v) is 9.01. The molecule has 1 atom stereocenters. The molecule has 0 saturated carbocycles. The Hall–Kier alpha value is -2.33. The maximum atomic E-state index is 12.8. The van der Waals surface area contributed by atoms with Gasteiger partial charge in [-0.05, 0) is 29.7 Å². The summed E-state index contributed by atoms with van der Waals surface area (Å²) in [5.74, 6) is 0.991. The topological polar surface area (TPSA) is 32.8 Å². The second-order valence-electron chi connectivity index (χ2n) is 6.95. The smallest absolute Gasteiger partial charge is 0.264 e. The molecule has 0 spiro atoms. The Bertz CT molecular complexity index is 741. The van der Waals surface area contributed by atoms with Crippen LogP contribution in [0.1, 0.15) is 16.7 Å². The molecule has 0 bridgehead atoms. The monoisotopic (exact) mass is 336 g/mol. The molecule has 1 saturated heterocycles. The zero-order chi connectivity index (χ0) is 17.2. The van der Waals surface area contributed by atoms with Crippen molar-refractivity contribution in [3.8, 4) is 5.75 Å². The lowest BCUT2D eigenvalue weighted by atomic mass is 10.1. The summed E-state index contributed by atoms with van der Waals surface area (Å²) in [4.78, 5) is 17.2. The zero-order valence-electron chi connectivity index (χ0n) is 14.6. The average Bonchev–Trinajstić information content (AvgIpc) is 3.08. The number of nitrogens with zero attached hydrogens (tertiary/aromatic N) is 2. The Morgan fingerprint density at radius 3 is 2.52 bits per heavy atom. The SMILES string of the molecule is Cc1ccccc1CN1CCN(C(=O)C2Cc3ccccc3O2)CC1. The second-order valence-corrected chi connectivity index (χ2v) is 6.95. The molecule has 0 aliphatic carbocycles. The van der Waals surface area contributed by atoms with Crippen LogP contribution < -0.4 is 4.74 Å². The van der Waals surface area contributed by atoms with Crippen molar-refractivity contribution >= 4 is 5.91 Å². The summed E-state index contributed by atoms with van der Waals surface area (Å²) in [5.41, 5.74) is 3.84. The molecule has 1 amide bonds. The van der Waals surface area contributed by atoms with Gasteiger partial charge in [-0.15, -0.1) is 0 Å². The highest BCUT2D eigenvalue weighted by Gasteiger charge is 2.33. The van der Waals surface area contributed by atoms with Crippen molar-refractivity contribution in [3.05, 3.63) is 65.2 Å². The highest BCUT2D eigenvalue weighted by atomic mass is 16.5. The fraction of sp³-hybridized carbons (Fsp3) is 0.381. The van der Waals surface area contributed by atoms with Gasteiger partial charge in [0.15, 0.2) is 6.10 Å². The van der Waals surface area contributed by atoms with Crippen molar-refractivity contribution in [1.29, 1.82) is 0 Å². The van der Waals surface area contributed by atoms with E-state index in [0.717, 1.165) is 44.0 Å². The van der Waals surface area contributed by atoms with E-state index in [1.807, 2.05) is 29.2 Å². The lowest BCUT2D eigenvalue weighted by Crippen LogP contribution is -2.51. The van der Waals surface area contributed by atoms with Gasteiger partial charge in [0, 0.05) is 39.1 Å². The summed E-state index contributed by atoms with van der Waals surface area (Å²) < 4.78 is 5.86. The maximum Gasteiger partial charge on any atom is 0.264 e. The molecule has 4 nitrogen and oxygen atoms in total. The molecule has 2 heterocycles. The van der Waals surface area contributed by atoms with Gasteiger partial charge in [0.1, 0.15) is 5.75 Å². The molecule has 1 fully saturated rings. The van der Waals surface area contributed by atoms with E-state index in [9.17, 15) is 4.79 Å². The molecular formula is C21H24N2O2. The third-order valence-corrected chi connectivity index (χ3v) is 5.26. The summed E-state index contributed by atoms with van der Waals surface area (Å²) >= 11 is 0. The lowest BCUT2D eigenvalue weighted by Gasteiger charge is -2.35. The molecule has 1 unspecified atom stereocenters. The van der Waals surface area contributed by atoms with Gasteiger partial charge in [-0.2, -0.15) is 0 Å². The highest BCUT2D eigenvalue weighted by molar-refractivity contribution is 5.82. The number of fused-ring (bicyclic) bond motifs is 1. The standard InChI is InChI=1S/C21H24N2O2/c1-16-6-2-3-8-18(16)15-22-10-12-23(13-11-22)21(24)20-14-17-7-4-5-9-19(17)25-20/h2-9,20H,10-15H2,1H3. The summed E-state index contributed by atoms with van der Waals surface area (Å²) in [6.45, 7) is 6.51. The number of carbonyl (C=O) groups excluding carboxylic acids is 1. The van der Waals surface area contributed by atoms with Gasteiger partial charge in [0.25, 0.3) is 5.91 Å². The molecule has 25 heavy (non-hydrogen) atoms. The van der Waals surface area contributed by atoms with E-state index in [1.165, 1.54) is 11.1 Å². The summed E-state index contributed by atoms with van der Waals surface area (Å²) in [6.07, 6.45) is 0.346. The number of carbonyl (C=O) groups is 1. The maximum absolute atomic E-state index is 12.8. The van der Waals surface area contributed by atoms with E-state index < -0.39 is 0 Å². The van der Waals surface area contributed by atoms with Crippen LogP contribution >= 0.6 is 0 Å². The minimum atomic E-state index is -0.347. The van der Waals surface area contributed by atoms with Crippen molar-refractivity contribution in [2.75, 3.05) is 26.2 Å². The first-order valence-electron chi connectivity index (χ1n) is 9.01. The summed E-state index contributed by atoms with van der Waals surface area (Å²) in [6, 6.07) is 16.5. The average molecular weight is 336 g/mol. The number of hydrogen-bond acceptors (Lipinski definition) is 3. The van der Waals surface area contributed by atoms with Crippen LogP contribution in [-0.4, -0.2) is 48.0 Å². The van der Waals surface area contributed by atoms with Crippen LogP contribution in [0.3, 0.4) is 0 Å². The van der Waals surface area contributed by atoms with E-state index in [-0.39, 0.29) is 12.0 Å². The van der Waals surface area contributed by atoms with Gasteiger partial charge in [-0.1, -0.05) is 42.5 Å². The van der Waals surface area contributed by atoms with Gasteiger partial charge in [0.2, 0.25) is 0 Å². The van der Waals surface area contributed by atoms with Crippen LogP contribution in [0.2, 0.25) is 0 Å². The Morgan fingerprint density at radius 1 is 1.04 bits per heavy atom. The first kappa shape index (κ1) is 16.2. The molecule has 2 aromatic rings. The minimum Gasteiger partial charge on any atom is -0.480 e. The number of amides is 1. The van der Waals surface area contributed by atoms with Crippen LogP contribution in [0.15, 0.2) is 48.5 Å². The van der Waals surface area contributed by atoms with E-state index in [0.29, 0.717) is 6.42 Å². The molecule has 130 valence electrons. The number of hydrogen-bond donors (Lipinski definition) is 0. The molecule has 2 aliphatic heterocycles. The number of ether oxygens (including phenoxy) is 1. The van der Waals surface area contributed by atoms with Crippen molar-refractivity contribution < 1.29 is 9.53 Å². The molecule has 4 rings (SSSR count). The number of aryl methyl sites for hydroxylation is 1. The van der Waals surface area contributed by atoms with Gasteiger partial charge in [0.05, 0.1) is 0 Å². The fourth-order valence-electron chi connectivity index (χ4n) is 3.68. The molecule has 0 aromatic heterocycles. The van der Waals surface area contributed by atoms with Crippen LogP contribution in [0.25, 0.3) is 0 Å². The van der Waals surface area contributed by atoms with Crippen LogP contribution in [-0.2, 0) is 17.8 Å². The third-order valence-electron chi connectivity index (χ3n) is 5.26. The number of rotatable bonds is 3. The van der Waals surface area contributed by atoms with E-state index in [4.69, 9.17) is 4.74 Å². The fourth-order valence-corrected chi connectivity index (χ4v) is 3.68. The van der Waals surface area contributed by atoms with Crippen LogP contribution in [0, 0.1) is 6.92 Å². The van der Waals surface area contributed by atoms with Gasteiger partial charge >= 0.3 is 0 Å². The molecule has 0 N–H and O–H groups in total. The van der Waals surface area contributed by atoms with E-state index >= 15 is 0 Å². The van der Waals surface area contributed by atoms with Crippen LogP contribution in [0.5, 0.6) is 5.75 Å². The minimum absolute atomic E-state index is 0.131. The Kier molecular flexibility index (Phi) is 4.45. The number of para-hydroxylation sites is 1. The third kappa shape index (κ3) is 3.40. The molecule has 0 radical (unpaired) electrons. The summed E-state index contributed by atoms with van der Waals surface area (Å²) in [7, 11) is 0. The molecular weight excluding hydrogens is 312 g/mol. The van der Waals surface area contributed by atoms with E-state index in [1.54, 1.807) is 0 Å². The largest absolute Gasteiger partial charge is 0.480 e. The summed E-state index contributed by atoms with van der Waals surface area (Å²) in [5, 5.41) is 0. The predicted molar refractivity (Wildman–Crippen MR) is 97.6 cm³/mol. The first-order chi connectivity index (χ1) is 12.2. The number of piperazine rings is 1. The van der Waals surface area contributed by atoms with Gasteiger partial charge < -0.3 is 9.64 Å². The molecule has 2 aliphatic rings. The zero-order valence-corrected chi connectivity index (χ0v) is 14.6. The van der Waals surface area contributed by atoms with Crippen LogP contribution in [0.4, 0.5) is 0 Å². The Morgan fingerprint density at radius 2 is 1.76 bits per heavy atom. The second kappa shape index (κ2) is 6.89. The van der Waals surface area contributed by atoms with Gasteiger partial charge in [-0.3, -0.25) is 9.69 Å². The van der Waals surface area contributed by atoms with E-state index in [2.05, 4.69) is 36.1 Å². The van der Waals surface area contributed by atoms with Crippen molar-refractivity contribution in [2.24, 2.45) is 0 Å². The predicted octanol–water partition coefficient (Wildman–Crippen LogP) is 2.64. The highest BCUT2D eigenvalue weighted by Crippen LogP contribution is 2.29. The number of benzene rings is 2.